The fourth-order valence-electron chi connectivity index (χ4n) is 2.18. The van der Waals surface area contributed by atoms with Gasteiger partial charge in [-0.1, -0.05) is 0 Å². The van der Waals surface area contributed by atoms with E-state index in [9.17, 15) is 18.0 Å². The first-order chi connectivity index (χ1) is 9.58. The molecule has 0 saturated carbocycles. The van der Waals surface area contributed by atoms with Crippen LogP contribution in [0.5, 0.6) is 5.75 Å². The number of hydrogen-bond acceptors (Lipinski definition) is 2. The molecule has 2 nitrogen and oxygen atoms in total. The summed E-state index contributed by atoms with van der Waals surface area (Å²) in [6.07, 6.45) is 0.663. The van der Waals surface area contributed by atoms with E-state index in [2.05, 4.69) is 0 Å². The van der Waals surface area contributed by atoms with Crippen LogP contribution in [0.3, 0.4) is 0 Å². The molecule has 5 heteroatoms. The Morgan fingerprint density at radius 1 is 1.05 bits per heavy atom. The van der Waals surface area contributed by atoms with E-state index in [1.807, 2.05) is 0 Å². The summed E-state index contributed by atoms with van der Waals surface area (Å²) in [4.78, 5) is 12.2. The number of fused-ring (bicyclic) bond motifs is 1. The Bertz CT molecular complexity index is 711. The highest BCUT2D eigenvalue weighted by atomic mass is 19.2. The van der Waals surface area contributed by atoms with Gasteiger partial charge in [0.05, 0.1) is 12.2 Å². The van der Waals surface area contributed by atoms with Crippen LogP contribution >= 0.6 is 0 Å². The second-order valence-electron chi connectivity index (χ2n) is 4.47. The number of carbonyl (C=O) groups is 1. The van der Waals surface area contributed by atoms with Crippen LogP contribution in [0, 0.1) is 17.5 Å². The number of rotatable bonds is 2. The lowest BCUT2D eigenvalue weighted by molar-refractivity contribution is 0.103. The molecule has 0 bridgehead atoms. The van der Waals surface area contributed by atoms with Gasteiger partial charge in [0.25, 0.3) is 0 Å². The zero-order chi connectivity index (χ0) is 14.3. The number of ketones is 1. The molecule has 1 aliphatic heterocycles. The first-order valence-corrected chi connectivity index (χ1v) is 6.02. The van der Waals surface area contributed by atoms with E-state index >= 15 is 0 Å². The number of hydrogen-bond donors (Lipinski definition) is 0. The zero-order valence-corrected chi connectivity index (χ0v) is 10.3. The maximum atomic E-state index is 13.6. The van der Waals surface area contributed by atoms with Crippen molar-refractivity contribution in [3.8, 4) is 5.75 Å². The number of carbonyl (C=O) groups excluding carboxylic acids is 1. The Balaban J connectivity index is 2.03. The van der Waals surface area contributed by atoms with Gasteiger partial charge in [-0.15, -0.1) is 0 Å². The van der Waals surface area contributed by atoms with Gasteiger partial charge in [0, 0.05) is 12.0 Å². The average molecular weight is 278 g/mol. The molecule has 0 aromatic heterocycles. The second kappa shape index (κ2) is 4.67. The molecular weight excluding hydrogens is 269 g/mol. The molecule has 0 atom stereocenters. The van der Waals surface area contributed by atoms with Crippen LogP contribution in [0.2, 0.25) is 0 Å². The lowest BCUT2D eigenvalue weighted by Crippen LogP contribution is -2.07. The quantitative estimate of drug-likeness (QED) is 0.622. The zero-order valence-electron chi connectivity index (χ0n) is 10.3. The van der Waals surface area contributed by atoms with E-state index in [4.69, 9.17) is 4.74 Å². The molecule has 0 aliphatic carbocycles. The molecule has 2 aromatic rings. The summed E-state index contributed by atoms with van der Waals surface area (Å²) in [7, 11) is 0. The Kier molecular flexibility index (Phi) is 2.97. The molecule has 1 aliphatic rings. The molecule has 0 fully saturated rings. The second-order valence-corrected chi connectivity index (χ2v) is 4.47. The van der Waals surface area contributed by atoms with Crippen molar-refractivity contribution in [1.29, 1.82) is 0 Å². The van der Waals surface area contributed by atoms with Gasteiger partial charge in [-0.3, -0.25) is 4.79 Å². The van der Waals surface area contributed by atoms with Crippen molar-refractivity contribution >= 4 is 5.78 Å². The number of ether oxygens (including phenoxy) is 1. The molecule has 1 heterocycles. The van der Waals surface area contributed by atoms with Crippen molar-refractivity contribution in [2.45, 2.75) is 6.42 Å². The van der Waals surface area contributed by atoms with Gasteiger partial charge in [-0.05, 0) is 35.9 Å². The SMILES string of the molecule is O=C(c1ccc2c(c1)CCO2)c1ccc(F)c(F)c1F. The highest BCUT2D eigenvalue weighted by molar-refractivity contribution is 6.09. The average Bonchev–Trinajstić information content (AvgIpc) is 2.91. The van der Waals surface area contributed by atoms with Crippen molar-refractivity contribution in [3.05, 3.63) is 64.5 Å². The molecule has 20 heavy (non-hydrogen) atoms. The third-order valence-electron chi connectivity index (χ3n) is 3.23. The lowest BCUT2D eigenvalue weighted by Gasteiger charge is -2.06. The van der Waals surface area contributed by atoms with Gasteiger partial charge in [0.1, 0.15) is 5.75 Å². The Labute approximate surface area is 112 Å². The molecule has 0 radical (unpaired) electrons. The smallest absolute Gasteiger partial charge is 0.196 e. The first-order valence-electron chi connectivity index (χ1n) is 6.02. The van der Waals surface area contributed by atoms with E-state index in [-0.39, 0.29) is 5.56 Å². The Hall–Kier alpha value is -2.30. The third kappa shape index (κ3) is 1.95. The van der Waals surface area contributed by atoms with Crippen molar-refractivity contribution < 1.29 is 22.7 Å². The maximum Gasteiger partial charge on any atom is 0.196 e. The largest absolute Gasteiger partial charge is 0.493 e. The number of halogens is 3. The predicted molar refractivity (Wildman–Crippen MR) is 65.4 cm³/mol. The molecular formula is C15H9F3O2. The van der Waals surface area contributed by atoms with Crippen molar-refractivity contribution in [3.63, 3.8) is 0 Å². The van der Waals surface area contributed by atoms with E-state index in [0.717, 1.165) is 17.7 Å². The molecule has 102 valence electrons. The molecule has 0 spiro atoms. The summed E-state index contributed by atoms with van der Waals surface area (Å²) in [5.74, 6) is -4.42. The van der Waals surface area contributed by atoms with E-state index < -0.39 is 28.8 Å². The Morgan fingerprint density at radius 2 is 1.85 bits per heavy atom. The van der Waals surface area contributed by atoms with Gasteiger partial charge in [0.2, 0.25) is 0 Å². The first kappa shape index (κ1) is 12.7. The standard InChI is InChI=1S/C15H9F3O2/c16-11-3-2-10(13(17)14(11)18)15(19)9-1-4-12-8(7-9)5-6-20-12/h1-4,7H,5-6H2. The lowest BCUT2D eigenvalue weighted by atomic mass is 10.00. The van der Waals surface area contributed by atoms with Crippen LogP contribution in [-0.2, 0) is 6.42 Å². The van der Waals surface area contributed by atoms with E-state index in [1.165, 1.54) is 6.07 Å². The highest BCUT2D eigenvalue weighted by Crippen LogP contribution is 2.27. The van der Waals surface area contributed by atoms with Gasteiger partial charge >= 0.3 is 0 Å². The molecule has 0 amide bonds. The fourth-order valence-corrected chi connectivity index (χ4v) is 2.18. The molecule has 2 aromatic carbocycles. The highest BCUT2D eigenvalue weighted by Gasteiger charge is 2.21. The van der Waals surface area contributed by atoms with Crippen LogP contribution < -0.4 is 4.74 Å². The van der Waals surface area contributed by atoms with Crippen LogP contribution in [0.15, 0.2) is 30.3 Å². The summed E-state index contributed by atoms with van der Waals surface area (Å²) in [6, 6.07) is 6.37. The maximum absolute atomic E-state index is 13.6. The summed E-state index contributed by atoms with van der Waals surface area (Å²) in [5, 5.41) is 0. The molecule has 3 rings (SSSR count). The molecule has 0 N–H and O–H groups in total. The number of benzene rings is 2. The molecule has 0 saturated heterocycles. The van der Waals surface area contributed by atoms with Gasteiger partial charge in [0.15, 0.2) is 23.2 Å². The van der Waals surface area contributed by atoms with Crippen LogP contribution in [0.4, 0.5) is 13.2 Å². The van der Waals surface area contributed by atoms with Crippen molar-refractivity contribution in [1.82, 2.24) is 0 Å². The topological polar surface area (TPSA) is 26.3 Å². The minimum atomic E-state index is -1.64. The van der Waals surface area contributed by atoms with Crippen molar-refractivity contribution in [2.75, 3.05) is 6.61 Å². The predicted octanol–water partition coefficient (Wildman–Crippen LogP) is 3.27. The summed E-state index contributed by atoms with van der Waals surface area (Å²) >= 11 is 0. The summed E-state index contributed by atoms with van der Waals surface area (Å²) < 4.78 is 44.9. The van der Waals surface area contributed by atoms with E-state index in [1.54, 1.807) is 12.1 Å². The summed E-state index contributed by atoms with van der Waals surface area (Å²) in [6.45, 7) is 0.534. The van der Waals surface area contributed by atoms with E-state index in [0.29, 0.717) is 18.8 Å². The van der Waals surface area contributed by atoms with Crippen LogP contribution in [-0.4, -0.2) is 12.4 Å². The Morgan fingerprint density at radius 3 is 2.65 bits per heavy atom. The van der Waals surface area contributed by atoms with Gasteiger partial charge in [-0.25, -0.2) is 13.2 Å². The minimum Gasteiger partial charge on any atom is -0.493 e. The van der Waals surface area contributed by atoms with Crippen LogP contribution in [0.1, 0.15) is 21.5 Å². The fraction of sp³-hybridized carbons (Fsp3) is 0.133. The van der Waals surface area contributed by atoms with Gasteiger partial charge in [-0.2, -0.15) is 0 Å². The van der Waals surface area contributed by atoms with Crippen LogP contribution in [0.25, 0.3) is 0 Å². The summed E-state index contributed by atoms with van der Waals surface area (Å²) in [5.41, 5.74) is 0.584. The normalized spacial score (nSPS) is 12.9. The third-order valence-corrected chi connectivity index (χ3v) is 3.23. The van der Waals surface area contributed by atoms with Gasteiger partial charge < -0.3 is 4.74 Å². The minimum absolute atomic E-state index is 0.221. The molecule has 0 unspecified atom stereocenters. The van der Waals surface area contributed by atoms with Crippen molar-refractivity contribution in [2.24, 2.45) is 0 Å². The monoisotopic (exact) mass is 278 g/mol.